The van der Waals surface area contributed by atoms with Gasteiger partial charge in [-0.3, -0.25) is 9.59 Å². The van der Waals surface area contributed by atoms with Crippen molar-refractivity contribution in [1.82, 2.24) is 15.1 Å². The van der Waals surface area contributed by atoms with Gasteiger partial charge in [-0.05, 0) is 54.0 Å². The Kier molecular flexibility index (Phi) is 6.63. The number of hydrogen-bond donors (Lipinski definition) is 1. The summed E-state index contributed by atoms with van der Waals surface area (Å²) in [7, 11) is 0. The highest BCUT2D eigenvalue weighted by molar-refractivity contribution is 5.94. The van der Waals surface area contributed by atoms with Gasteiger partial charge < -0.3 is 15.1 Å². The Labute approximate surface area is 194 Å². The van der Waals surface area contributed by atoms with E-state index in [0.29, 0.717) is 43.9 Å². The topological polar surface area (TPSA) is 78.4 Å². The third kappa shape index (κ3) is 5.67. The molecule has 0 aliphatic carbocycles. The lowest BCUT2D eigenvalue weighted by Gasteiger charge is -2.38. The lowest BCUT2D eigenvalue weighted by atomic mass is 9.87. The number of benzene rings is 1. The van der Waals surface area contributed by atoms with Crippen LogP contribution in [0.4, 0.5) is 15.9 Å². The van der Waals surface area contributed by atoms with Gasteiger partial charge in [0.2, 0.25) is 11.8 Å². The summed E-state index contributed by atoms with van der Waals surface area (Å²) in [5.74, 6) is 0.428. The molecule has 0 atom stereocenters. The Balaban J connectivity index is 1.28. The molecule has 8 heteroatoms. The first-order chi connectivity index (χ1) is 15.7. The Bertz CT molecular complexity index is 994. The molecule has 1 N–H and O–H groups in total. The van der Waals surface area contributed by atoms with Gasteiger partial charge >= 0.3 is 0 Å². The van der Waals surface area contributed by atoms with E-state index in [1.54, 1.807) is 18.3 Å². The molecule has 0 bridgehead atoms. The van der Waals surface area contributed by atoms with Crippen molar-refractivity contribution >= 4 is 23.3 Å². The van der Waals surface area contributed by atoms with Crippen LogP contribution < -0.4 is 10.2 Å². The molecule has 4 rings (SSSR count). The van der Waals surface area contributed by atoms with E-state index >= 15 is 0 Å². The van der Waals surface area contributed by atoms with Crippen molar-refractivity contribution in [2.75, 3.05) is 36.4 Å². The lowest BCUT2D eigenvalue weighted by Crippen LogP contribution is -2.52. The summed E-state index contributed by atoms with van der Waals surface area (Å²) < 4.78 is 14.9. The second kappa shape index (κ2) is 9.45. The van der Waals surface area contributed by atoms with E-state index in [-0.39, 0.29) is 34.9 Å². The summed E-state index contributed by atoms with van der Waals surface area (Å²) >= 11 is 0. The fourth-order valence-electron chi connectivity index (χ4n) is 4.48. The van der Waals surface area contributed by atoms with Gasteiger partial charge in [-0.2, -0.15) is 5.10 Å². The van der Waals surface area contributed by atoms with Crippen molar-refractivity contribution in [1.29, 1.82) is 0 Å². The predicted molar refractivity (Wildman–Crippen MR) is 125 cm³/mol. The number of carbonyl (C=O) groups excluding carboxylic acids is 2. The number of halogens is 1. The van der Waals surface area contributed by atoms with E-state index in [1.807, 2.05) is 21.9 Å². The van der Waals surface area contributed by atoms with Gasteiger partial charge in [-0.25, -0.2) is 4.39 Å². The van der Waals surface area contributed by atoms with Crippen molar-refractivity contribution in [3.8, 4) is 0 Å². The Morgan fingerprint density at radius 3 is 2.48 bits per heavy atom. The number of nitrogens with one attached hydrogen (secondary N) is 1. The molecule has 0 saturated carbocycles. The van der Waals surface area contributed by atoms with Gasteiger partial charge in [-0.1, -0.05) is 26.8 Å². The third-order valence-corrected chi connectivity index (χ3v) is 6.37. The highest BCUT2D eigenvalue weighted by Crippen LogP contribution is 2.32. The fourth-order valence-corrected chi connectivity index (χ4v) is 4.48. The standard InChI is InChI=1S/C25H32FN5O2/c1-25(2,3)14-23(32)30-11-8-17(9-12-30)20-7-6-19(13-21(20)26)28-24(33)18-15-31(16-18)22-5-4-10-27-29-22/h4-7,10,13,17-18H,8-9,11-12,14-16H2,1-3H3,(H,28,33). The number of piperidine rings is 1. The molecule has 2 amide bonds. The van der Waals surface area contributed by atoms with Gasteiger partial charge in [0.05, 0.1) is 5.92 Å². The van der Waals surface area contributed by atoms with Crippen LogP contribution in [0.15, 0.2) is 36.5 Å². The highest BCUT2D eigenvalue weighted by atomic mass is 19.1. The quantitative estimate of drug-likeness (QED) is 0.744. The maximum absolute atomic E-state index is 14.9. The summed E-state index contributed by atoms with van der Waals surface area (Å²) in [5.41, 5.74) is 1.10. The maximum Gasteiger partial charge on any atom is 0.231 e. The van der Waals surface area contributed by atoms with Crippen LogP contribution in [0.1, 0.15) is 51.5 Å². The number of hydrogen-bond acceptors (Lipinski definition) is 5. The second-order valence-corrected chi connectivity index (χ2v) is 10.3. The van der Waals surface area contributed by atoms with Gasteiger partial charge in [0.15, 0.2) is 5.82 Å². The van der Waals surface area contributed by atoms with Gasteiger partial charge in [0.1, 0.15) is 5.82 Å². The number of anilines is 2. The molecule has 1 aromatic carbocycles. The number of aromatic nitrogens is 2. The molecule has 2 aliphatic rings. The minimum atomic E-state index is -0.304. The molecule has 2 fully saturated rings. The molecule has 0 unspecified atom stereocenters. The average Bonchev–Trinajstić information content (AvgIpc) is 2.72. The van der Waals surface area contributed by atoms with Crippen molar-refractivity contribution in [2.24, 2.45) is 11.3 Å². The maximum atomic E-state index is 14.9. The molecule has 176 valence electrons. The van der Waals surface area contributed by atoms with Crippen LogP contribution in [-0.2, 0) is 9.59 Å². The molecule has 3 heterocycles. The summed E-state index contributed by atoms with van der Waals surface area (Å²) in [6.07, 6.45) is 3.64. The zero-order chi connectivity index (χ0) is 23.6. The van der Waals surface area contributed by atoms with Crippen molar-refractivity contribution < 1.29 is 14.0 Å². The zero-order valence-corrected chi connectivity index (χ0v) is 19.6. The second-order valence-electron chi connectivity index (χ2n) is 10.3. The first-order valence-electron chi connectivity index (χ1n) is 11.6. The van der Waals surface area contributed by atoms with E-state index in [4.69, 9.17) is 0 Å². The monoisotopic (exact) mass is 453 g/mol. The normalized spacial score (nSPS) is 17.6. The van der Waals surface area contributed by atoms with E-state index < -0.39 is 0 Å². The molecule has 2 aromatic rings. The molecular formula is C25H32FN5O2. The van der Waals surface area contributed by atoms with E-state index in [1.165, 1.54) is 6.07 Å². The fraction of sp³-hybridized carbons (Fsp3) is 0.520. The largest absolute Gasteiger partial charge is 0.353 e. The molecular weight excluding hydrogens is 421 g/mol. The Hall–Kier alpha value is -3.03. The van der Waals surface area contributed by atoms with E-state index in [2.05, 4.69) is 36.3 Å². The lowest BCUT2D eigenvalue weighted by molar-refractivity contribution is -0.134. The third-order valence-electron chi connectivity index (χ3n) is 6.37. The van der Waals surface area contributed by atoms with Crippen molar-refractivity contribution in [2.45, 2.75) is 46.0 Å². The molecule has 0 radical (unpaired) electrons. The summed E-state index contributed by atoms with van der Waals surface area (Å²) in [6.45, 7) is 8.63. The van der Waals surface area contributed by atoms with Gasteiger partial charge in [-0.15, -0.1) is 5.10 Å². The number of amides is 2. The first kappa shape index (κ1) is 23.1. The Morgan fingerprint density at radius 2 is 1.88 bits per heavy atom. The summed E-state index contributed by atoms with van der Waals surface area (Å²) in [5, 5.41) is 10.7. The number of nitrogens with zero attached hydrogens (tertiary/aromatic N) is 4. The van der Waals surface area contributed by atoms with Crippen molar-refractivity contribution in [3.63, 3.8) is 0 Å². The van der Waals surface area contributed by atoms with Crippen LogP contribution in [0.25, 0.3) is 0 Å². The number of carbonyl (C=O) groups is 2. The Morgan fingerprint density at radius 1 is 1.15 bits per heavy atom. The van der Waals surface area contributed by atoms with Crippen LogP contribution in [-0.4, -0.2) is 53.1 Å². The SMILES string of the molecule is CC(C)(C)CC(=O)N1CCC(c2ccc(NC(=O)C3CN(c4cccnn4)C3)cc2F)CC1. The van der Waals surface area contributed by atoms with Gasteiger partial charge in [0, 0.05) is 44.5 Å². The van der Waals surface area contributed by atoms with Crippen LogP contribution >= 0.6 is 0 Å². The summed E-state index contributed by atoms with van der Waals surface area (Å²) in [6, 6.07) is 8.62. The molecule has 2 saturated heterocycles. The minimum absolute atomic E-state index is 0.0340. The molecule has 7 nitrogen and oxygen atoms in total. The van der Waals surface area contributed by atoms with E-state index in [9.17, 15) is 14.0 Å². The zero-order valence-electron chi connectivity index (χ0n) is 19.6. The van der Waals surface area contributed by atoms with Crippen molar-refractivity contribution in [3.05, 3.63) is 47.9 Å². The minimum Gasteiger partial charge on any atom is -0.353 e. The molecule has 1 aromatic heterocycles. The molecule has 0 spiro atoms. The van der Waals surface area contributed by atoms with Crippen LogP contribution in [0, 0.1) is 17.2 Å². The number of rotatable bonds is 5. The summed E-state index contributed by atoms with van der Waals surface area (Å²) in [4.78, 5) is 28.9. The highest BCUT2D eigenvalue weighted by Gasteiger charge is 2.34. The molecule has 2 aliphatic heterocycles. The van der Waals surface area contributed by atoms with Crippen LogP contribution in [0.2, 0.25) is 0 Å². The van der Waals surface area contributed by atoms with Crippen LogP contribution in [0.5, 0.6) is 0 Å². The van der Waals surface area contributed by atoms with E-state index in [0.717, 1.165) is 18.7 Å². The molecule has 33 heavy (non-hydrogen) atoms. The van der Waals surface area contributed by atoms with Crippen LogP contribution in [0.3, 0.4) is 0 Å². The van der Waals surface area contributed by atoms with Gasteiger partial charge in [0.25, 0.3) is 0 Å². The predicted octanol–water partition coefficient (Wildman–Crippen LogP) is 3.83. The number of likely N-dealkylation sites (tertiary alicyclic amines) is 1. The average molecular weight is 454 g/mol. The first-order valence-corrected chi connectivity index (χ1v) is 11.6. The smallest absolute Gasteiger partial charge is 0.231 e.